The summed E-state index contributed by atoms with van der Waals surface area (Å²) in [5, 5.41) is 2.76. The predicted molar refractivity (Wildman–Crippen MR) is 79.6 cm³/mol. The molecule has 0 atom stereocenters. The molecule has 0 spiro atoms. The Morgan fingerprint density at radius 1 is 1.00 bits per heavy atom. The van der Waals surface area contributed by atoms with Gasteiger partial charge in [0.25, 0.3) is 0 Å². The van der Waals surface area contributed by atoms with E-state index in [-0.39, 0.29) is 18.2 Å². The van der Waals surface area contributed by atoms with E-state index in [4.69, 9.17) is 0 Å². The van der Waals surface area contributed by atoms with Crippen LogP contribution in [0.25, 0.3) is 0 Å². The van der Waals surface area contributed by atoms with Crippen molar-refractivity contribution in [1.82, 2.24) is 5.32 Å². The maximum atomic E-state index is 11.9. The van der Waals surface area contributed by atoms with Crippen LogP contribution >= 0.6 is 0 Å². The molecule has 0 heterocycles. The van der Waals surface area contributed by atoms with Crippen LogP contribution in [0.4, 0.5) is 0 Å². The standard InChI is InChI=1S/C17H23NO2/c19-16(15-10-6-3-7-11-15)13-18-17(20)12-14-8-4-1-2-5-9-14/h3,6-7,10-11,14H,1-2,4-5,8-9,12-13H2,(H,18,20). The number of hydrogen-bond acceptors (Lipinski definition) is 2. The lowest BCUT2D eigenvalue weighted by atomic mass is 9.96. The minimum atomic E-state index is -0.0279. The highest BCUT2D eigenvalue weighted by Crippen LogP contribution is 2.25. The Kier molecular flexibility index (Phi) is 5.78. The number of rotatable bonds is 5. The smallest absolute Gasteiger partial charge is 0.220 e. The van der Waals surface area contributed by atoms with Gasteiger partial charge in [0, 0.05) is 12.0 Å². The lowest BCUT2D eigenvalue weighted by molar-refractivity contribution is -0.121. The molecule has 1 fully saturated rings. The molecule has 1 amide bonds. The van der Waals surface area contributed by atoms with E-state index in [0.717, 1.165) is 12.8 Å². The number of carbonyl (C=O) groups is 2. The number of hydrogen-bond donors (Lipinski definition) is 1. The Labute approximate surface area is 120 Å². The van der Waals surface area contributed by atoms with E-state index in [2.05, 4.69) is 5.32 Å². The van der Waals surface area contributed by atoms with E-state index in [1.807, 2.05) is 18.2 Å². The van der Waals surface area contributed by atoms with Gasteiger partial charge >= 0.3 is 0 Å². The highest BCUT2D eigenvalue weighted by Gasteiger charge is 2.16. The van der Waals surface area contributed by atoms with Crippen molar-refractivity contribution in [3.63, 3.8) is 0 Å². The highest BCUT2D eigenvalue weighted by molar-refractivity contribution is 5.99. The Bertz CT molecular complexity index is 434. The van der Waals surface area contributed by atoms with Crippen molar-refractivity contribution >= 4 is 11.7 Å². The monoisotopic (exact) mass is 273 g/mol. The molecule has 1 saturated carbocycles. The van der Waals surface area contributed by atoms with Crippen molar-refractivity contribution < 1.29 is 9.59 Å². The van der Waals surface area contributed by atoms with Crippen LogP contribution in [0.3, 0.4) is 0 Å². The first-order chi connectivity index (χ1) is 9.75. The maximum Gasteiger partial charge on any atom is 0.220 e. The average Bonchev–Trinajstić information content (AvgIpc) is 2.74. The van der Waals surface area contributed by atoms with E-state index in [9.17, 15) is 9.59 Å². The zero-order chi connectivity index (χ0) is 14.2. The first-order valence-electron chi connectivity index (χ1n) is 7.60. The molecule has 0 radical (unpaired) electrons. The van der Waals surface area contributed by atoms with Crippen molar-refractivity contribution in [3.8, 4) is 0 Å². The predicted octanol–water partition coefficient (Wildman–Crippen LogP) is 3.35. The average molecular weight is 273 g/mol. The van der Waals surface area contributed by atoms with Gasteiger partial charge in [-0.05, 0) is 18.8 Å². The second kappa shape index (κ2) is 7.83. The molecule has 1 aliphatic carbocycles. The van der Waals surface area contributed by atoms with Crippen molar-refractivity contribution in [2.75, 3.05) is 6.54 Å². The van der Waals surface area contributed by atoms with E-state index in [0.29, 0.717) is 17.9 Å². The first-order valence-corrected chi connectivity index (χ1v) is 7.60. The normalized spacial score (nSPS) is 16.4. The second-order valence-corrected chi connectivity index (χ2v) is 5.63. The van der Waals surface area contributed by atoms with Gasteiger partial charge in [-0.2, -0.15) is 0 Å². The zero-order valence-electron chi connectivity index (χ0n) is 11.9. The summed E-state index contributed by atoms with van der Waals surface area (Å²) in [5.74, 6) is 0.491. The van der Waals surface area contributed by atoms with Crippen LogP contribution in [0.15, 0.2) is 30.3 Å². The molecule has 0 unspecified atom stereocenters. The largest absolute Gasteiger partial charge is 0.349 e. The van der Waals surface area contributed by atoms with Crippen molar-refractivity contribution in [2.24, 2.45) is 5.92 Å². The van der Waals surface area contributed by atoms with Gasteiger partial charge in [0.2, 0.25) is 5.91 Å². The summed E-state index contributed by atoms with van der Waals surface area (Å²) < 4.78 is 0. The first kappa shape index (κ1) is 14.8. The van der Waals surface area contributed by atoms with Gasteiger partial charge in [-0.3, -0.25) is 9.59 Å². The van der Waals surface area contributed by atoms with Crippen LogP contribution in [0.1, 0.15) is 55.3 Å². The molecule has 0 aromatic heterocycles. The van der Waals surface area contributed by atoms with Gasteiger partial charge in [-0.15, -0.1) is 0 Å². The van der Waals surface area contributed by atoms with Gasteiger partial charge in [-0.1, -0.05) is 56.0 Å². The number of benzene rings is 1. The van der Waals surface area contributed by atoms with E-state index in [1.165, 1.54) is 25.7 Å². The summed E-state index contributed by atoms with van der Waals surface area (Å²) in [4.78, 5) is 23.8. The summed E-state index contributed by atoms with van der Waals surface area (Å²) in [6.45, 7) is 0.107. The molecule has 2 rings (SSSR count). The molecule has 108 valence electrons. The van der Waals surface area contributed by atoms with E-state index < -0.39 is 0 Å². The third kappa shape index (κ3) is 4.80. The fourth-order valence-corrected chi connectivity index (χ4v) is 2.81. The van der Waals surface area contributed by atoms with Crippen LogP contribution in [0.5, 0.6) is 0 Å². The van der Waals surface area contributed by atoms with Gasteiger partial charge in [0.05, 0.1) is 6.54 Å². The molecule has 1 N–H and O–H groups in total. The second-order valence-electron chi connectivity index (χ2n) is 5.63. The fourth-order valence-electron chi connectivity index (χ4n) is 2.81. The van der Waals surface area contributed by atoms with E-state index in [1.54, 1.807) is 12.1 Å². The van der Waals surface area contributed by atoms with Gasteiger partial charge in [-0.25, -0.2) is 0 Å². The Balaban J connectivity index is 1.73. The van der Waals surface area contributed by atoms with Gasteiger partial charge < -0.3 is 5.32 Å². The molecule has 1 aliphatic rings. The number of ketones is 1. The summed E-state index contributed by atoms with van der Waals surface area (Å²) >= 11 is 0. The van der Waals surface area contributed by atoms with Crippen molar-refractivity contribution in [3.05, 3.63) is 35.9 Å². The molecule has 3 heteroatoms. The topological polar surface area (TPSA) is 46.2 Å². The van der Waals surface area contributed by atoms with Crippen LogP contribution in [-0.2, 0) is 4.79 Å². The number of amides is 1. The summed E-state index contributed by atoms with van der Waals surface area (Å²) in [5.41, 5.74) is 0.655. The van der Waals surface area contributed by atoms with Crippen LogP contribution in [0.2, 0.25) is 0 Å². The van der Waals surface area contributed by atoms with Crippen molar-refractivity contribution in [1.29, 1.82) is 0 Å². The summed E-state index contributed by atoms with van der Waals surface area (Å²) in [6.07, 6.45) is 7.94. The molecule has 0 bridgehead atoms. The molecular formula is C17H23NO2. The van der Waals surface area contributed by atoms with Crippen LogP contribution < -0.4 is 5.32 Å². The van der Waals surface area contributed by atoms with E-state index >= 15 is 0 Å². The number of carbonyl (C=O) groups excluding carboxylic acids is 2. The molecule has 3 nitrogen and oxygen atoms in total. The Hall–Kier alpha value is -1.64. The molecule has 1 aromatic carbocycles. The minimum Gasteiger partial charge on any atom is -0.349 e. The lowest BCUT2D eigenvalue weighted by Crippen LogP contribution is -2.30. The molecular weight excluding hydrogens is 250 g/mol. The minimum absolute atomic E-state index is 0.0150. The summed E-state index contributed by atoms with van der Waals surface area (Å²) in [7, 11) is 0. The number of Topliss-reactive ketones (excluding diaryl/α,β-unsaturated/α-hetero) is 1. The summed E-state index contributed by atoms with van der Waals surface area (Å²) in [6, 6.07) is 9.10. The third-order valence-corrected chi connectivity index (χ3v) is 3.99. The molecule has 0 saturated heterocycles. The highest BCUT2D eigenvalue weighted by atomic mass is 16.2. The van der Waals surface area contributed by atoms with Crippen LogP contribution in [-0.4, -0.2) is 18.2 Å². The van der Waals surface area contributed by atoms with Gasteiger partial charge in [0.1, 0.15) is 0 Å². The fraction of sp³-hybridized carbons (Fsp3) is 0.529. The SMILES string of the molecule is O=C(CC1CCCCCC1)NCC(=O)c1ccccc1. The molecule has 1 aromatic rings. The Morgan fingerprint density at radius 3 is 2.30 bits per heavy atom. The third-order valence-electron chi connectivity index (χ3n) is 3.99. The molecule has 20 heavy (non-hydrogen) atoms. The molecule has 0 aliphatic heterocycles. The lowest BCUT2D eigenvalue weighted by Gasteiger charge is -2.13. The Morgan fingerprint density at radius 2 is 1.65 bits per heavy atom. The quantitative estimate of drug-likeness (QED) is 0.660. The van der Waals surface area contributed by atoms with Crippen molar-refractivity contribution in [2.45, 2.75) is 44.9 Å². The number of nitrogens with one attached hydrogen (secondary N) is 1. The zero-order valence-corrected chi connectivity index (χ0v) is 11.9. The van der Waals surface area contributed by atoms with Crippen LogP contribution in [0, 0.1) is 5.92 Å². The van der Waals surface area contributed by atoms with Gasteiger partial charge in [0.15, 0.2) is 5.78 Å². The maximum absolute atomic E-state index is 11.9.